The third kappa shape index (κ3) is 1.40. The molecule has 2 nitrogen and oxygen atoms in total. The van der Waals surface area contributed by atoms with Gasteiger partial charge in [0.1, 0.15) is 0 Å². The average Bonchev–Trinajstić information content (AvgIpc) is 2.40. The van der Waals surface area contributed by atoms with Gasteiger partial charge in [-0.3, -0.25) is 9.59 Å². The van der Waals surface area contributed by atoms with E-state index in [-0.39, 0.29) is 0 Å². The van der Waals surface area contributed by atoms with Crippen LogP contribution in [0.25, 0.3) is 0 Å². The van der Waals surface area contributed by atoms with Crippen molar-refractivity contribution in [1.29, 1.82) is 0 Å². The van der Waals surface area contributed by atoms with Crippen LogP contribution in [-0.4, -0.2) is 15.9 Å². The molecule has 0 unspecified atom stereocenters. The van der Waals surface area contributed by atoms with Gasteiger partial charge in [0.2, 0.25) is 15.9 Å². The fraction of sp³-hybridized carbons (Fsp3) is 0.273. The van der Waals surface area contributed by atoms with Crippen molar-refractivity contribution in [3.8, 4) is 0 Å². The van der Waals surface area contributed by atoms with Gasteiger partial charge in [0, 0.05) is 11.1 Å². The number of fused-ring (bicyclic) bond motifs is 1. The maximum Gasteiger partial charge on any atom is 0.242 e. The number of aryl methyl sites for hydroxylation is 1. The standard InChI is InChI=1S/C11H8Cl2O2/c1-2-6-3-4-7-8(5-6)10(15)11(12,13)9(7)14/h3-5H,2H2,1H3. The van der Waals surface area contributed by atoms with Gasteiger partial charge in [-0.1, -0.05) is 42.3 Å². The normalized spacial score (nSPS) is 18.1. The van der Waals surface area contributed by atoms with Crippen LogP contribution < -0.4 is 0 Å². The number of halogens is 2. The molecule has 78 valence electrons. The van der Waals surface area contributed by atoms with E-state index in [2.05, 4.69) is 0 Å². The van der Waals surface area contributed by atoms with Crippen molar-refractivity contribution in [3.05, 3.63) is 34.9 Å². The molecule has 15 heavy (non-hydrogen) atoms. The summed E-state index contributed by atoms with van der Waals surface area (Å²) in [7, 11) is 0. The monoisotopic (exact) mass is 242 g/mol. The van der Waals surface area contributed by atoms with E-state index in [1.54, 1.807) is 18.2 Å². The highest BCUT2D eigenvalue weighted by Crippen LogP contribution is 2.38. The highest BCUT2D eigenvalue weighted by Gasteiger charge is 2.50. The van der Waals surface area contributed by atoms with Crippen LogP contribution >= 0.6 is 23.2 Å². The van der Waals surface area contributed by atoms with E-state index in [0.29, 0.717) is 11.1 Å². The number of rotatable bonds is 1. The van der Waals surface area contributed by atoms with Gasteiger partial charge in [-0.2, -0.15) is 0 Å². The number of alkyl halides is 2. The maximum absolute atomic E-state index is 11.7. The van der Waals surface area contributed by atoms with Gasteiger partial charge in [0.25, 0.3) is 0 Å². The predicted octanol–water partition coefficient (Wildman–Crippen LogP) is 2.80. The van der Waals surface area contributed by atoms with E-state index < -0.39 is 15.9 Å². The van der Waals surface area contributed by atoms with Gasteiger partial charge < -0.3 is 0 Å². The van der Waals surface area contributed by atoms with E-state index in [1.807, 2.05) is 6.92 Å². The highest BCUT2D eigenvalue weighted by atomic mass is 35.5. The molecule has 1 aliphatic carbocycles. The molecule has 0 heterocycles. The topological polar surface area (TPSA) is 34.1 Å². The number of benzene rings is 1. The van der Waals surface area contributed by atoms with Crippen LogP contribution in [0, 0.1) is 0 Å². The van der Waals surface area contributed by atoms with E-state index in [4.69, 9.17) is 23.2 Å². The second-order valence-electron chi connectivity index (χ2n) is 3.47. The zero-order valence-electron chi connectivity index (χ0n) is 8.01. The van der Waals surface area contributed by atoms with Crippen molar-refractivity contribution in [3.63, 3.8) is 0 Å². The first-order chi connectivity index (χ1) is 6.98. The first-order valence-electron chi connectivity index (χ1n) is 4.58. The van der Waals surface area contributed by atoms with E-state index in [0.717, 1.165) is 12.0 Å². The molecule has 0 aliphatic heterocycles. The Morgan fingerprint density at radius 1 is 1.13 bits per heavy atom. The molecule has 1 aromatic rings. The van der Waals surface area contributed by atoms with Crippen molar-refractivity contribution in [1.82, 2.24) is 0 Å². The van der Waals surface area contributed by atoms with Gasteiger partial charge >= 0.3 is 0 Å². The van der Waals surface area contributed by atoms with Crippen LogP contribution in [0.5, 0.6) is 0 Å². The molecule has 2 rings (SSSR count). The van der Waals surface area contributed by atoms with Crippen LogP contribution in [0.3, 0.4) is 0 Å². The minimum Gasteiger partial charge on any atom is -0.290 e. The fourth-order valence-electron chi connectivity index (χ4n) is 1.64. The Labute approximate surface area is 97.2 Å². The largest absolute Gasteiger partial charge is 0.290 e. The summed E-state index contributed by atoms with van der Waals surface area (Å²) in [5.74, 6) is -1.03. The molecule has 0 saturated carbocycles. The van der Waals surface area contributed by atoms with Crippen molar-refractivity contribution in [2.24, 2.45) is 0 Å². The molecule has 0 saturated heterocycles. The molecule has 0 spiro atoms. The molecule has 0 atom stereocenters. The number of hydrogen-bond acceptors (Lipinski definition) is 2. The Hall–Kier alpha value is -0.860. The van der Waals surface area contributed by atoms with Gasteiger partial charge in [0.05, 0.1) is 0 Å². The Balaban J connectivity index is 2.63. The van der Waals surface area contributed by atoms with Crippen LogP contribution in [0.2, 0.25) is 0 Å². The lowest BCUT2D eigenvalue weighted by molar-refractivity contribution is 0.0908. The van der Waals surface area contributed by atoms with Crippen LogP contribution in [-0.2, 0) is 6.42 Å². The summed E-state index contributed by atoms with van der Waals surface area (Å²) in [6, 6.07) is 5.10. The van der Waals surface area contributed by atoms with Gasteiger partial charge in [-0.25, -0.2) is 0 Å². The summed E-state index contributed by atoms with van der Waals surface area (Å²) < 4.78 is -1.92. The summed E-state index contributed by atoms with van der Waals surface area (Å²) in [6.45, 7) is 1.97. The lowest BCUT2D eigenvalue weighted by Gasteiger charge is -2.05. The summed E-state index contributed by atoms with van der Waals surface area (Å²) in [6.07, 6.45) is 0.798. The summed E-state index contributed by atoms with van der Waals surface area (Å²) in [4.78, 5) is 23.4. The maximum atomic E-state index is 11.7. The molecular weight excluding hydrogens is 235 g/mol. The molecule has 0 fully saturated rings. The molecule has 1 aliphatic rings. The number of Topliss-reactive ketones (excluding diaryl/α,β-unsaturated/α-hetero) is 2. The lowest BCUT2D eigenvalue weighted by atomic mass is 10.0. The van der Waals surface area contributed by atoms with Crippen molar-refractivity contribution >= 4 is 34.8 Å². The second kappa shape index (κ2) is 3.32. The van der Waals surface area contributed by atoms with E-state index >= 15 is 0 Å². The number of hydrogen-bond donors (Lipinski definition) is 0. The molecule has 0 amide bonds. The second-order valence-corrected chi connectivity index (χ2v) is 4.79. The van der Waals surface area contributed by atoms with Gasteiger partial charge in [-0.05, 0) is 18.1 Å². The summed E-state index contributed by atoms with van der Waals surface area (Å²) in [5.41, 5.74) is 1.65. The molecule has 0 aromatic heterocycles. The van der Waals surface area contributed by atoms with Gasteiger partial charge in [-0.15, -0.1) is 0 Å². The quantitative estimate of drug-likeness (QED) is 0.561. The molecule has 1 aromatic carbocycles. The molecule has 0 radical (unpaired) electrons. The van der Waals surface area contributed by atoms with Crippen LogP contribution in [0.1, 0.15) is 33.2 Å². The Morgan fingerprint density at radius 2 is 1.73 bits per heavy atom. The van der Waals surface area contributed by atoms with Crippen LogP contribution in [0.4, 0.5) is 0 Å². The zero-order chi connectivity index (χ0) is 11.2. The van der Waals surface area contributed by atoms with Crippen molar-refractivity contribution < 1.29 is 9.59 Å². The lowest BCUT2D eigenvalue weighted by Crippen LogP contribution is -2.27. The first kappa shape index (κ1) is 10.7. The fourth-order valence-corrected chi connectivity index (χ4v) is 2.05. The third-order valence-corrected chi connectivity index (χ3v) is 3.24. The minimum atomic E-state index is -1.92. The molecule has 4 heteroatoms. The van der Waals surface area contributed by atoms with Crippen molar-refractivity contribution in [2.45, 2.75) is 17.7 Å². The number of ketones is 2. The first-order valence-corrected chi connectivity index (χ1v) is 5.34. The van der Waals surface area contributed by atoms with E-state index in [1.165, 1.54) is 0 Å². The molecular formula is C11H8Cl2O2. The zero-order valence-corrected chi connectivity index (χ0v) is 9.52. The number of carbonyl (C=O) groups is 2. The SMILES string of the molecule is CCc1ccc2c(c1)C(=O)C(Cl)(Cl)C2=O. The third-order valence-electron chi connectivity index (χ3n) is 2.55. The predicted molar refractivity (Wildman–Crippen MR) is 58.9 cm³/mol. The smallest absolute Gasteiger partial charge is 0.242 e. The van der Waals surface area contributed by atoms with Crippen molar-refractivity contribution in [2.75, 3.05) is 0 Å². The summed E-state index contributed by atoms with van der Waals surface area (Å²) >= 11 is 11.4. The Bertz CT molecular complexity index is 464. The van der Waals surface area contributed by atoms with E-state index in [9.17, 15) is 9.59 Å². The Kier molecular flexibility index (Phi) is 2.36. The molecule has 0 bridgehead atoms. The number of carbonyl (C=O) groups excluding carboxylic acids is 2. The minimum absolute atomic E-state index is 0.321. The highest BCUT2D eigenvalue weighted by molar-refractivity contribution is 6.73. The Morgan fingerprint density at radius 3 is 2.33 bits per heavy atom. The molecule has 0 N–H and O–H groups in total. The van der Waals surface area contributed by atoms with Crippen LogP contribution in [0.15, 0.2) is 18.2 Å². The average molecular weight is 243 g/mol. The summed E-state index contributed by atoms with van der Waals surface area (Å²) in [5, 5.41) is 0. The van der Waals surface area contributed by atoms with Gasteiger partial charge in [0.15, 0.2) is 0 Å².